The van der Waals surface area contributed by atoms with E-state index in [-0.39, 0.29) is 17.5 Å². The molecule has 1 fully saturated rings. The maximum Gasteiger partial charge on any atom is 0.268 e. The number of hydrogen-bond donors (Lipinski definition) is 0. The highest BCUT2D eigenvalue weighted by Gasteiger charge is 2.32. The third-order valence-electron chi connectivity index (χ3n) is 5.93. The molecular formula is C25H25N3O2S2. The summed E-state index contributed by atoms with van der Waals surface area (Å²) in [6.45, 7) is 0.256. The molecule has 0 spiro atoms. The van der Waals surface area contributed by atoms with Gasteiger partial charge >= 0.3 is 0 Å². The molecule has 2 heterocycles. The van der Waals surface area contributed by atoms with Gasteiger partial charge in [-0.3, -0.25) is 8.99 Å². The molecule has 1 aliphatic carbocycles. The lowest BCUT2D eigenvalue weighted by molar-refractivity contribution is 0.467. The molecule has 0 N–H and O–H groups in total. The van der Waals surface area contributed by atoms with Crippen LogP contribution < -0.4 is 4.31 Å². The lowest BCUT2D eigenvalue weighted by Gasteiger charge is -2.24. The van der Waals surface area contributed by atoms with E-state index in [0.29, 0.717) is 11.4 Å². The Kier molecular flexibility index (Phi) is 5.85. The monoisotopic (exact) mass is 463 g/mol. The van der Waals surface area contributed by atoms with E-state index < -0.39 is 10.0 Å². The topological polar surface area (TPSA) is 55.2 Å². The summed E-state index contributed by atoms with van der Waals surface area (Å²) in [6.07, 6.45) is 6.15. The number of benzene rings is 2. The fourth-order valence-electron chi connectivity index (χ4n) is 4.28. The quantitative estimate of drug-likeness (QED) is 0.332. The molecule has 32 heavy (non-hydrogen) atoms. The fourth-order valence-corrected chi connectivity index (χ4v) is 6.66. The number of sulfonamides is 1. The molecule has 4 aromatic rings. The number of hydrogen-bond acceptors (Lipinski definition) is 4. The Hall–Kier alpha value is -2.90. The van der Waals surface area contributed by atoms with Crippen molar-refractivity contribution in [3.05, 3.63) is 89.9 Å². The molecule has 0 atom stereocenters. The predicted molar refractivity (Wildman–Crippen MR) is 129 cm³/mol. The Bertz CT molecular complexity index is 1260. The maximum absolute atomic E-state index is 14.2. The zero-order chi connectivity index (χ0) is 22.0. The van der Waals surface area contributed by atoms with E-state index in [1.807, 2.05) is 82.9 Å². The van der Waals surface area contributed by atoms with Gasteiger partial charge < -0.3 is 0 Å². The second-order valence-electron chi connectivity index (χ2n) is 8.07. The molecule has 0 saturated heterocycles. The summed E-state index contributed by atoms with van der Waals surface area (Å²) in [5, 5.41) is 6.76. The van der Waals surface area contributed by atoms with Gasteiger partial charge in [0.2, 0.25) is 0 Å². The van der Waals surface area contributed by atoms with Gasteiger partial charge in [-0.1, -0.05) is 67.4 Å². The molecule has 0 radical (unpaired) electrons. The molecule has 5 rings (SSSR count). The van der Waals surface area contributed by atoms with Crippen molar-refractivity contribution in [1.82, 2.24) is 9.78 Å². The second kappa shape index (κ2) is 8.92. The second-order valence-corrected chi connectivity index (χ2v) is 10.8. The van der Waals surface area contributed by atoms with E-state index in [1.54, 1.807) is 6.20 Å². The molecule has 0 amide bonds. The molecule has 7 heteroatoms. The average molecular weight is 464 g/mol. The Labute approximate surface area is 193 Å². The lowest BCUT2D eigenvalue weighted by atomic mass is 10.2. The van der Waals surface area contributed by atoms with Gasteiger partial charge in [0.1, 0.15) is 10.6 Å². The number of para-hydroxylation sites is 1. The smallest absolute Gasteiger partial charge is 0.268 e. The molecule has 2 aromatic carbocycles. The minimum Gasteiger partial charge on any atom is -0.268 e. The SMILES string of the molecule is O=S(=O)(c1cn(C2CCCC2)nc1-c1cccs1)N(Cc1ccccc1)c1ccccc1. The van der Waals surface area contributed by atoms with E-state index >= 15 is 0 Å². The molecule has 1 aliphatic rings. The van der Waals surface area contributed by atoms with Gasteiger partial charge in [0, 0.05) is 6.20 Å². The van der Waals surface area contributed by atoms with Gasteiger partial charge in [-0.05, 0) is 42.0 Å². The number of rotatable bonds is 7. The van der Waals surface area contributed by atoms with Gasteiger partial charge in [-0.2, -0.15) is 5.10 Å². The van der Waals surface area contributed by atoms with Crippen LogP contribution in [0.25, 0.3) is 10.6 Å². The van der Waals surface area contributed by atoms with E-state index in [4.69, 9.17) is 5.10 Å². The summed E-state index contributed by atoms with van der Waals surface area (Å²) < 4.78 is 31.7. The average Bonchev–Trinajstić information content (AvgIpc) is 3.59. The molecule has 0 bridgehead atoms. The number of aromatic nitrogens is 2. The summed E-state index contributed by atoms with van der Waals surface area (Å²) in [4.78, 5) is 1.14. The van der Waals surface area contributed by atoms with Crippen molar-refractivity contribution in [3.63, 3.8) is 0 Å². The van der Waals surface area contributed by atoms with Gasteiger partial charge in [0.05, 0.1) is 23.2 Å². The summed E-state index contributed by atoms with van der Waals surface area (Å²) in [7, 11) is -3.86. The third kappa shape index (κ3) is 4.10. The van der Waals surface area contributed by atoms with E-state index in [0.717, 1.165) is 36.1 Å². The maximum atomic E-state index is 14.2. The molecule has 164 valence electrons. The highest BCUT2D eigenvalue weighted by molar-refractivity contribution is 7.93. The molecule has 2 aromatic heterocycles. The van der Waals surface area contributed by atoms with Gasteiger partial charge in [0.25, 0.3) is 10.0 Å². The van der Waals surface area contributed by atoms with Crippen LogP contribution >= 0.6 is 11.3 Å². The van der Waals surface area contributed by atoms with Crippen LogP contribution in [0.1, 0.15) is 37.3 Å². The van der Waals surface area contributed by atoms with Crippen molar-refractivity contribution >= 4 is 27.0 Å². The zero-order valence-electron chi connectivity index (χ0n) is 17.7. The third-order valence-corrected chi connectivity index (χ3v) is 8.58. The fraction of sp³-hybridized carbons (Fsp3) is 0.240. The van der Waals surface area contributed by atoms with E-state index in [9.17, 15) is 8.42 Å². The largest absolute Gasteiger partial charge is 0.268 e. The van der Waals surface area contributed by atoms with Crippen LogP contribution in [-0.4, -0.2) is 18.2 Å². The first-order chi connectivity index (χ1) is 15.6. The summed E-state index contributed by atoms with van der Waals surface area (Å²) in [5.41, 5.74) is 2.11. The predicted octanol–water partition coefficient (Wildman–Crippen LogP) is 6.12. The van der Waals surface area contributed by atoms with Crippen molar-refractivity contribution < 1.29 is 8.42 Å². The first-order valence-electron chi connectivity index (χ1n) is 10.9. The summed E-state index contributed by atoms with van der Waals surface area (Å²) in [6, 6.07) is 23.1. The Morgan fingerprint density at radius 3 is 2.28 bits per heavy atom. The van der Waals surface area contributed by atoms with E-state index in [1.165, 1.54) is 15.6 Å². The van der Waals surface area contributed by atoms with Crippen LogP contribution in [0.3, 0.4) is 0 Å². The summed E-state index contributed by atoms with van der Waals surface area (Å²) in [5.74, 6) is 0. The van der Waals surface area contributed by atoms with Crippen LogP contribution in [0.4, 0.5) is 5.69 Å². The Morgan fingerprint density at radius 1 is 0.938 bits per heavy atom. The van der Waals surface area contributed by atoms with Crippen molar-refractivity contribution in [2.75, 3.05) is 4.31 Å². The van der Waals surface area contributed by atoms with Crippen molar-refractivity contribution in [2.24, 2.45) is 0 Å². The van der Waals surface area contributed by atoms with Crippen molar-refractivity contribution in [2.45, 2.75) is 43.2 Å². The van der Waals surface area contributed by atoms with Crippen LogP contribution in [0.5, 0.6) is 0 Å². The first kappa shape index (κ1) is 21.0. The van der Waals surface area contributed by atoms with Gasteiger partial charge in [-0.25, -0.2) is 8.42 Å². The number of thiophene rings is 1. The molecule has 5 nitrogen and oxygen atoms in total. The lowest BCUT2D eigenvalue weighted by Crippen LogP contribution is -2.30. The zero-order valence-corrected chi connectivity index (χ0v) is 19.3. The summed E-state index contributed by atoms with van der Waals surface area (Å²) >= 11 is 1.51. The van der Waals surface area contributed by atoms with E-state index in [2.05, 4.69) is 0 Å². The standard InChI is InChI=1S/C25H25N3O2S2/c29-32(30,28(22-14-5-2-6-15-22)18-20-10-3-1-4-11-20)24-19-27(21-12-7-8-13-21)26-25(24)23-16-9-17-31-23/h1-6,9-11,14-17,19,21H,7-8,12-13,18H2. The normalized spacial score (nSPS) is 14.6. The molecule has 0 unspecified atom stereocenters. The minimum atomic E-state index is -3.86. The van der Waals surface area contributed by atoms with Gasteiger partial charge in [-0.15, -0.1) is 11.3 Å². The number of anilines is 1. The molecule has 0 aliphatic heterocycles. The molecule has 1 saturated carbocycles. The highest BCUT2D eigenvalue weighted by atomic mass is 32.2. The Morgan fingerprint density at radius 2 is 1.62 bits per heavy atom. The van der Waals surface area contributed by atoms with Crippen LogP contribution in [0.2, 0.25) is 0 Å². The van der Waals surface area contributed by atoms with Gasteiger partial charge in [0.15, 0.2) is 0 Å². The minimum absolute atomic E-state index is 0.256. The Balaban J connectivity index is 1.63. The van der Waals surface area contributed by atoms with Crippen LogP contribution in [0, 0.1) is 0 Å². The first-order valence-corrected chi connectivity index (χ1v) is 13.2. The molecular weight excluding hydrogens is 438 g/mol. The highest BCUT2D eigenvalue weighted by Crippen LogP contribution is 2.37. The van der Waals surface area contributed by atoms with Crippen LogP contribution in [-0.2, 0) is 16.6 Å². The van der Waals surface area contributed by atoms with Crippen molar-refractivity contribution in [3.8, 4) is 10.6 Å². The number of nitrogens with zero attached hydrogens (tertiary/aromatic N) is 3. The van der Waals surface area contributed by atoms with Crippen LogP contribution in [0.15, 0.2) is 89.3 Å². The van der Waals surface area contributed by atoms with Crippen molar-refractivity contribution in [1.29, 1.82) is 0 Å².